The van der Waals surface area contributed by atoms with Gasteiger partial charge in [-0.15, -0.1) is 0 Å². The molecule has 0 bridgehead atoms. The summed E-state index contributed by atoms with van der Waals surface area (Å²) in [5.41, 5.74) is 0. The first-order chi connectivity index (χ1) is 4.20. The minimum Gasteiger partial charge on any atom is -0.602 e. The van der Waals surface area contributed by atoms with Crippen molar-refractivity contribution in [3.63, 3.8) is 0 Å². The molecule has 0 aliphatic carbocycles. The molecule has 2 nitrogen and oxygen atoms in total. The van der Waals surface area contributed by atoms with Crippen LogP contribution < -0.4 is 0 Å². The zero-order chi connectivity index (χ0) is 7.28. The second-order valence-corrected chi connectivity index (χ2v) is 7.62. The summed E-state index contributed by atoms with van der Waals surface area (Å²) in [6.45, 7) is 3.63. The molecule has 5 heteroatoms. The van der Waals surface area contributed by atoms with Gasteiger partial charge in [0.05, 0.1) is 20.4 Å². The van der Waals surface area contributed by atoms with Crippen molar-refractivity contribution >= 4 is 30.2 Å². The molecule has 0 aliphatic rings. The fraction of sp³-hybridized carbons (Fsp3) is 1.00. The fourth-order valence-electron chi connectivity index (χ4n) is 0.181. The van der Waals surface area contributed by atoms with E-state index in [-0.39, 0.29) is 0 Å². The van der Waals surface area contributed by atoms with E-state index in [0.717, 1.165) is 9.83 Å². The van der Waals surface area contributed by atoms with Crippen LogP contribution in [0.25, 0.3) is 0 Å². The zero-order valence-electron chi connectivity index (χ0n) is 5.46. The molecule has 2 unspecified atom stereocenters. The molecule has 9 heavy (non-hydrogen) atoms. The Hall–Kier alpha value is 0.970. The van der Waals surface area contributed by atoms with Crippen LogP contribution >= 0.6 is 9.83 Å². The fourth-order valence-corrected chi connectivity index (χ4v) is 4.88. The predicted octanol–water partition coefficient (Wildman–Crippen LogP) is 1.09. The summed E-state index contributed by atoms with van der Waals surface area (Å²) in [6.07, 6.45) is 0. The summed E-state index contributed by atoms with van der Waals surface area (Å²) in [6, 6.07) is 0. The molecule has 0 radical (unpaired) electrons. The van der Waals surface area contributed by atoms with Gasteiger partial charge in [0, 0.05) is 0 Å². The first-order valence-corrected chi connectivity index (χ1v) is 7.15. The lowest BCUT2D eigenvalue weighted by Crippen LogP contribution is -2.05. The average molecular weight is 186 g/mol. The highest BCUT2D eigenvalue weighted by atomic mass is 33.5. The summed E-state index contributed by atoms with van der Waals surface area (Å²) < 4.78 is 21.3. The molecule has 0 aromatic carbocycles. The van der Waals surface area contributed by atoms with Gasteiger partial charge >= 0.3 is 9.83 Å². The number of rotatable bonds is 4. The van der Waals surface area contributed by atoms with E-state index in [0.29, 0.717) is 11.5 Å². The molecule has 56 valence electrons. The van der Waals surface area contributed by atoms with E-state index >= 15 is 0 Å². The molecule has 0 saturated carbocycles. The normalized spacial score (nSPS) is 17.3. The molecule has 0 rings (SSSR count). The standard InChI is InChI=1S/C4H10O2S3/c1-3-8(5)7-9(6)4-2/h3-4H2,1-2H3. The SMILES string of the molecule is CC[S+]([O-])S[S+]([O-])CC. The molecular formula is C4H10O2S3. The van der Waals surface area contributed by atoms with Crippen LogP contribution in [0, 0.1) is 0 Å². The van der Waals surface area contributed by atoms with E-state index in [1.807, 2.05) is 13.8 Å². The Balaban J connectivity index is 3.22. The molecule has 0 aliphatic heterocycles. The highest BCUT2D eigenvalue weighted by Crippen LogP contribution is 2.20. The summed E-state index contributed by atoms with van der Waals surface area (Å²) in [7, 11) is -0.837. The maximum absolute atomic E-state index is 10.7. The first-order valence-electron chi connectivity index (χ1n) is 2.66. The maximum Gasteiger partial charge on any atom is 0.340 e. The minimum absolute atomic E-state index is 0.580. The highest BCUT2D eigenvalue weighted by Gasteiger charge is 2.17. The Bertz CT molecular complexity index is 62.8. The summed E-state index contributed by atoms with van der Waals surface area (Å²) in [4.78, 5) is 0. The second-order valence-electron chi connectivity index (χ2n) is 1.25. The van der Waals surface area contributed by atoms with Crippen molar-refractivity contribution in [3.8, 4) is 0 Å². The van der Waals surface area contributed by atoms with Gasteiger partial charge in [0.2, 0.25) is 0 Å². The van der Waals surface area contributed by atoms with Gasteiger partial charge < -0.3 is 9.11 Å². The maximum atomic E-state index is 10.7. The van der Waals surface area contributed by atoms with E-state index in [2.05, 4.69) is 0 Å². The smallest absolute Gasteiger partial charge is 0.340 e. The largest absolute Gasteiger partial charge is 0.602 e. The quantitative estimate of drug-likeness (QED) is 0.487. The van der Waals surface area contributed by atoms with Crippen molar-refractivity contribution in [2.24, 2.45) is 0 Å². The first kappa shape index (κ1) is 9.97. The van der Waals surface area contributed by atoms with E-state index in [1.54, 1.807) is 0 Å². The van der Waals surface area contributed by atoms with Gasteiger partial charge in [-0.2, -0.15) is 0 Å². The summed E-state index contributed by atoms with van der Waals surface area (Å²) >= 11 is 0. The van der Waals surface area contributed by atoms with Crippen LogP contribution in [0.5, 0.6) is 0 Å². The summed E-state index contributed by atoms with van der Waals surface area (Å²) in [5, 5.41) is 0. The molecule has 0 saturated heterocycles. The molecule has 0 heterocycles. The van der Waals surface area contributed by atoms with Crippen LogP contribution in [0.2, 0.25) is 0 Å². The predicted molar refractivity (Wildman–Crippen MR) is 45.0 cm³/mol. The van der Waals surface area contributed by atoms with Crippen LogP contribution in [-0.4, -0.2) is 20.6 Å². The molecule has 0 amide bonds. The average Bonchev–Trinajstić information content (AvgIpc) is 1.87. The molecule has 0 spiro atoms. The van der Waals surface area contributed by atoms with E-state index in [9.17, 15) is 9.11 Å². The van der Waals surface area contributed by atoms with Crippen LogP contribution in [0.3, 0.4) is 0 Å². The third kappa shape index (κ3) is 5.42. The Morgan fingerprint density at radius 2 is 1.44 bits per heavy atom. The Labute approximate surface area is 64.9 Å². The van der Waals surface area contributed by atoms with Crippen molar-refractivity contribution < 1.29 is 9.11 Å². The van der Waals surface area contributed by atoms with Crippen molar-refractivity contribution in [1.29, 1.82) is 0 Å². The van der Waals surface area contributed by atoms with Gasteiger partial charge in [-0.1, -0.05) is 0 Å². The van der Waals surface area contributed by atoms with Gasteiger partial charge in [0.15, 0.2) is 0 Å². The van der Waals surface area contributed by atoms with Crippen LogP contribution in [0.15, 0.2) is 0 Å². The molecule has 0 fully saturated rings. The van der Waals surface area contributed by atoms with Gasteiger partial charge in [-0.3, -0.25) is 0 Å². The van der Waals surface area contributed by atoms with Crippen molar-refractivity contribution in [2.75, 3.05) is 11.5 Å². The lowest BCUT2D eigenvalue weighted by atomic mass is 11.0. The van der Waals surface area contributed by atoms with Gasteiger partial charge in [-0.25, -0.2) is 0 Å². The third-order valence-electron chi connectivity index (χ3n) is 0.623. The Morgan fingerprint density at radius 1 is 1.11 bits per heavy atom. The Kier molecular flexibility index (Phi) is 6.35. The molecule has 0 aromatic heterocycles. The van der Waals surface area contributed by atoms with Crippen molar-refractivity contribution in [2.45, 2.75) is 13.8 Å². The zero-order valence-corrected chi connectivity index (χ0v) is 7.90. The molecule has 0 aromatic rings. The third-order valence-corrected chi connectivity index (χ3v) is 6.93. The second kappa shape index (κ2) is 5.73. The van der Waals surface area contributed by atoms with Gasteiger partial charge in [0.25, 0.3) is 0 Å². The van der Waals surface area contributed by atoms with Crippen LogP contribution in [0.4, 0.5) is 0 Å². The Morgan fingerprint density at radius 3 is 1.67 bits per heavy atom. The van der Waals surface area contributed by atoms with Gasteiger partial charge in [-0.05, 0) is 13.8 Å². The van der Waals surface area contributed by atoms with E-state index in [4.69, 9.17) is 0 Å². The van der Waals surface area contributed by atoms with E-state index < -0.39 is 20.4 Å². The van der Waals surface area contributed by atoms with Crippen molar-refractivity contribution in [3.05, 3.63) is 0 Å². The monoisotopic (exact) mass is 186 g/mol. The van der Waals surface area contributed by atoms with E-state index in [1.165, 1.54) is 0 Å². The molecule has 0 N–H and O–H groups in total. The topological polar surface area (TPSA) is 46.1 Å². The lowest BCUT2D eigenvalue weighted by molar-refractivity contribution is 0.608. The number of hydrogen-bond acceptors (Lipinski definition) is 3. The van der Waals surface area contributed by atoms with Crippen LogP contribution in [0.1, 0.15) is 13.8 Å². The lowest BCUT2D eigenvalue weighted by Gasteiger charge is -2.05. The van der Waals surface area contributed by atoms with Crippen LogP contribution in [-0.2, 0) is 20.4 Å². The minimum atomic E-state index is -0.940. The van der Waals surface area contributed by atoms with Gasteiger partial charge in [0.1, 0.15) is 11.5 Å². The molecular weight excluding hydrogens is 176 g/mol. The van der Waals surface area contributed by atoms with Crippen molar-refractivity contribution in [1.82, 2.24) is 0 Å². The molecule has 2 atom stereocenters. The highest BCUT2D eigenvalue weighted by molar-refractivity contribution is 9.04. The number of hydrogen-bond donors (Lipinski definition) is 0. The summed E-state index contributed by atoms with van der Waals surface area (Å²) in [5.74, 6) is 1.16.